The molecular weight excluding hydrogens is 205 g/mol. The number of nitrogens with two attached hydrogens (primary N) is 1. The van der Waals surface area contributed by atoms with Crippen molar-refractivity contribution >= 4 is 5.82 Å². The lowest BCUT2D eigenvalue weighted by atomic mass is 10.1. The van der Waals surface area contributed by atoms with E-state index in [9.17, 15) is 4.39 Å². The summed E-state index contributed by atoms with van der Waals surface area (Å²) in [6.07, 6.45) is 0.431. The zero-order valence-corrected chi connectivity index (χ0v) is 8.94. The topological polar surface area (TPSA) is 51.8 Å². The Morgan fingerprint density at radius 2 is 2.00 bits per heavy atom. The first kappa shape index (κ1) is 10.5. The van der Waals surface area contributed by atoms with Gasteiger partial charge in [0.2, 0.25) is 0 Å². The summed E-state index contributed by atoms with van der Waals surface area (Å²) >= 11 is 0. The minimum atomic E-state index is -0.225. The Hall–Kier alpha value is -1.97. The van der Waals surface area contributed by atoms with E-state index in [-0.39, 0.29) is 5.82 Å². The standard InChI is InChI=1S/C12H12FN3/c1-8-15-10(7-12(14)16-8)6-9-4-2-3-5-11(9)13/h2-5,7H,6H2,1H3,(H2,14,15,16). The molecule has 82 valence electrons. The summed E-state index contributed by atoms with van der Waals surface area (Å²) in [6.45, 7) is 1.77. The Morgan fingerprint density at radius 1 is 1.25 bits per heavy atom. The van der Waals surface area contributed by atoms with Crippen LogP contribution in [0.5, 0.6) is 0 Å². The van der Waals surface area contributed by atoms with Crippen molar-refractivity contribution in [3.8, 4) is 0 Å². The molecule has 0 saturated heterocycles. The van der Waals surface area contributed by atoms with Gasteiger partial charge in [-0.2, -0.15) is 0 Å². The van der Waals surface area contributed by atoms with Crippen LogP contribution in [0.4, 0.5) is 10.2 Å². The highest BCUT2D eigenvalue weighted by atomic mass is 19.1. The maximum Gasteiger partial charge on any atom is 0.127 e. The predicted octanol–water partition coefficient (Wildman–Crippen LogP) is 2.10. The SMILES string of the molecule is Cc1nc(N)cc(Cc2ccccc2F)n1. The van der Waals surface area contributed by atoms with Gasteiger partial charge in [0.15, 0.2) is 0 Å². The number of nitrogens with zero attached hydrogens (tertiary/aromatic N) is 2. The summed E-state index contributed by atoms with van der Waals surface area (Å²) in [5.74, 6) is 0.794. The third-order valence-corrected chi connectivity index (χ3v) is 2.24. The molecule has 2 N–H and O–H groups in total. The molecule has 4 heteroatoms. The number of benzene rings is 1. The van der Waals surface area contributed by atoms with Crippen LogP contribution in [0.25, 0.3) is 0 Å². The molecule has 0 saturated carbocycles. The molecule has 1 aromatic heterocycles. The highest BCUT2D eigenvalue weighted by molar-refractivity contribution is 5.32. The molecule has 2 aromatic rings. The quantitative estimate of drug-likeness (QED) is 0.838. The van der Waals surface area contributed by atoms with Crippen LogP contribution in [-0.2, 0) is 6.42 Å². The van der Waals surface area contributed by atoms with E-state index < -0.39 is 0 Å². The van der Waals surface area contributed by atoms with E-state index in [0.717, 1.165) is 5.69 Å². The van der Waals surface area contributed by atoms with E-state index in [4.69, 9.17) is 5.73 Å². The molecule has 1 aromatic carbocycles. The van der Waals surface area contributed by atoms with E-state index in [1.54, 1.807) is 31.2 Å². The second-order valence-electron chi connectivity index (χ2n) is 3.60. The number of aryl methyl sites for hydroxylation is 1. The first-order valence-corrected chi connectivity index (χ1v) is 4.98. The number of anilines is 1. The van der Waals surface area contributed by atoms with Crippen LogP contribution >= 0.6 is 0 Å². The minimum absolute atomic E-state index is 0.225. The number of halogens is 1. The Bertz CT molecular complexity index is 491. The summed E-state index contributed by atoms with van der Waals surface area (Å²) in [4.78, 5) is 8.18. The average molecular weight is 217 g/mol. The third-order valence-electron chi connectivity index (χ3n) is 2.24. The molecule has 0 fully saturated rings. The molecule has 0 unspecified atom stereocenters. The van der Waals surface area contributed by atoms with Gasteiger partial charge < -0.3 is 5.73 Å². The van der Waals surface area contributed by atoms with Gasteiger partial charge in [0.25, 0.3) is 0 Å². The van der Waals surface area contributed by atoms with Crippen molar-refractivity contribution < 1.29 is 4.39 Å². The highest BCUT2D eigenvalue weighted by Gasteiger charge is 2.04. The van der Waals surface area contributed by atoms with Crippen LogP contribution in [-0.4, -0.2) is 9.97 Å². The molecule has 0 radical (unpaired) electrons. The van der Waals surface area contributed by atoms with E-state index in [1.807, 2.05) is 0 Å². The molecule has 0 atom stereocenters. The van der Waals surface area contributed by atoms with Gasteiger partial charge >= 0.3 is 0 Å². The maximum atomic E-state index is 13.4. The van der Waals surface area contributed by atoms with Crippen molar-refractivity contribution in [3.05, 3.63) is 53.2 Å². The van der Waals surface area contributed by atoms with Gasteiger partial charge in [0, 0.05) is 12.5 Å². The van der Waals surface area contributed by atoms with Crippen LogP contribution in [0.15, 0.2) is 30.3 Å². The fourth-order valence-electron chi connectivity index (χ4n) is 1.58. The minimum Gasteiger partial charge on any atom is -0.384 e. The second kappa shape index (κ2) is 4.26. The predicted molar refractivity (Wildman–Crippen MR) is 60.4 cm³/mol. The van der Waals surface area contributed by atoms with Gasteiger partial charge in [-0.3, -0.25) is 0 Å². The van der Waals surface area contributed by atoms with Gasteiger partial charge in [-0.1, -0.05) is 18.2 Å². The van der Waals surface area contributed by atoms with Crippen molar-refractivity contribution in [2.45, 2.75) is 13.3 Å². The van der Waals surface area contributed by atoms with Crippen LogP contribution < -0.4 is 5.73 Å². The first-order chi connectivity index (χ1) is 7.65. The second-order valence-corrected chi connectivity index (χ2v) is 3.60. The highest BCUT2D eigenvalue weighted by Crippen LogP contribution is 2.12. The summed E-state index contributed by atoms with van der Waals surface area (Å²) in [5, 5.41) is 0. The summed E-state index contributed by atoms with van der Waals surface area (Å²) in [7, 11) is 0. The van der Waals surface area contributed by atoms with Crippen molar-refractivity contribution in [2.75, 3.05) is 5.73 Å². The molecule has 2 rings (SSSR count). The van der Waals surface area contributed by atoms with Crippen molar-refractivity contribution in [3.63, 3.8) is 0 Å². The van der Waals surface area contributed by atoms with E-state index in [0.29, 0.717) is 23.6 Å². The van der Waals surface area contributed by atoms with Crippen molar-refractivity contribution in [1.29, 1.82) is 0 Å². The molecule has 3 nitrogen and oxygen atoms in total. The first-order valence-electron chi connectivity index (χ1n) is 4.98. The third kappa shape index (κ3) is 2.34. The summed E-state index contributed by atoms with van der Waals surface area (Å²) in [6, 6.07) is 8.31. The monoisotopic (exact) mass is 217 g/mol. The Labute approximate surface area is 93.2 Å². The number of nitrogen functional groups attached to an aromatic ring is 1. The summed E-state index contributed by atoms with van der Waals surface area (Å²) < 4.78 is 13.4. The normalized spacial score (nSPS) is 10.4. The van der Waals surface area contributed by atoms with Crippen LogP contribution in [0, 0.1) is 12.7 Å². The lowest BCUT2D eigenvalue weighted by Gasteiger charge is -2.04. The maximum absolute atomic E-state index is 13.4. The Kier molecular flexibility index (Phi) is 2.81. The van der Waals surface area contributed by atoms with Gasteiger partial charge in [0.05, 0.1) is 5.69 Å². The smallest absolute Gasteiger partial charge is 0.127 e. The lowest BCUT2D eigenvalue weighted by Crippen LogP contribution is -2.01. The van der Waals surface area contributed by atoms with E-state index in [1.165, 1.54) is 6.07 Å². The molecule has 0 bridgehead atoms. The fraction of sp³-hybridized carbons (Fsp3) is 0.167. The number of aromatic nitrogens is 2. The molecule has 1 heterocycles. The average Bonchev–Trinajstić information content (AvgIpc) is 2.20. The van der Waals surface area contributed by atoms with Gasteiger partial charge in [-0.05, 0) is 18.6 Å². The molecular formula is C12H12FN3. The molecule has 0 aliphatic carbocycles. The Balaban J connectivity index is 2.30. The fourth-order valence-corrected chi connectivity index (χ4v) is 1.58. The molecule has 0 aliphatic heterocycles. The molecule has 0 spiro atoms. The van der Waals surface area contributed by atoms with Crippen LogP contribution in [0.3, 0.4) is 0 Å². The largest absolute Gasteiger partial charge is 0.384 e. The molecule has 0 amide bonds. The molecule has 0 aliphatic rings. The van der Waals surface area contributed by atoms with E-state index >= 15 is 0 Å². The lowest BCUT2D eigenvalue weighted by molar-refractivity contribution is 0.613. The zero-order valence-electron chi connectivity index (χ0n) is 8.94. The summed E-state index contributed by atoms with van der Waals surface area (Å²) in [5.41, 5.74) is 6.95. The van der Waals surface area contributed by atoms with Crippen LogP contribution in [0.2, 0.25) is 0 Å². The number of rotatable bonds is 2. The van der Waals surface area contributed by atoms with Crippen LogP contribution in [0.1, 0.15) is 17.1 Å². The van der Waals surface area contributed by atoms with Crippen molar-refractivity contribution in [2.24, 2.45) is 0 Å². The zero-order chi connectivity index (χ0) is 11.5. The Morgan fingerprint density at radius 3 is 2.69 bits per heavy atom. The number of hydrogen-bond acceptors (Lipinski definition) is 3. The van der Waals surface area contributed by atoms with Gasteiger partial charge in [-0.15, -0.1) is 0 Å². The van der Waals surface area contributed by atoms with Crippen molar-refractivity contribution in [1.82, 2.24) is 9.97 Å². The van der Waals surface area contributed by atoms with Gasteiger partial charge in [0.1, 0.15) is 17.5 Å². The van der Waals surface area contributed by atoms with Gasteiger partial charge in [-0.25, -0.2) is 14.4 Å². The number of hydrogen-bond donors (Lipinski definition) is 1. The van der Waals surface area contributed by atoms with E-state index in [2.05, 4.69) is 9.97 Å². The molecule has 16 heavy (non-hydrogen) atoms.